The minimum atomic E-state index is -0.959. The summed E-state index contributed by atoms with van der Waals surface area (Å²) < 4.78 is 5.37. The molecule has 3 amide bonds. The lowest BCUT2D eigenvalue weighted by Crippen LogP contribution is -2.54. The smallest absolute Gasteiger partial charge is 0.408 e. The Balaban J connectivity index is 2.55. The number of carbonyl (C=O) groups is 3. The van der Waals surface area contributed by atoms with E-state index in [1.807, 2.05) is 57.2 Å². The number of nitrogens with one attached hydrogen (secondary N) is 2. The Bertz CT molecular complexity index is 1120. The first-order chi connectivity index (χ1) is 18.1. The highest BCUT2D eigenvalue weighted by atomic mass is 35.5. The van der Waals surface area contributed by atoms with Crippen molar-refractivity contribution in [2.45, 2.75) is 98.9 Å². The van der Waals surface area contributed by atoms with Crippen molar-refractivity contribution in [3.63, 3.8) is 0 Å². The molecule has 0 saturated carbocycles. The second-order valence-electron chi connectivity index (χ2n) is 11.7. The third-order valence-electron chi connectivity index (χ3n) is 6.38. The number of alkyl carbamates (subject to hydrolysis) is 1. The fraction of sp³-hybridized carbons (Fsp3) is 0.516. The summed E-state index contributed by atoms with van der Waals surface area (Å²) in [6.07, 6.45) is 0.856. The Labute approximate surface area is 238 Å². The predicted octanol–water partition coefficient (Wildman–Crippen LogP) is 7.20. The van der Waals surface area contributed by atoms with Gasteiger partial charge in [0, 0.05) is 6.04 Å². The van der Waals surface area contributed by atoms with Crippen molar-refractivity contribution in [2.75, 3.05) is 5.32 Å². The first-order valence-electron chi connectivity index (χ1n) is 13.5. The zero-order valence-corrected chi connectivity index (χ0v) is 25.5. The van der Waals surface area contributed by atoms with Gasteiger partial charge in [0.15, 0.2) is 0 Å². The second kappa shape index (κ2) is 13.8. The summed E-state index contributed by atoms with van der Waals surface area (Å²) in [6, 6.07) is 10.8. The van der Waals surface area contributed by atoms with Crippen LogP contribution in [0.1, 0.15) is 84.0 Å². The number of para-hydroxylation sites is 1. The molecule has 0 heterocycles. The lowest BCUT2D eigenvalue weighted by molar-refractivity contribution is -0.143. The highest BCUT2D eigenvalue weighted by Gasteiger charge is 2.38. The molecule has 0 aliphatic rings. The van der Waals surface area contributed by atoms with Crippen molar-refractivity contribution in [1.82, 2.24) is 10.2 Å². The van der Waals surface area contributed by atoms with E-state index in [0.717, 1.165) is 17.5 Å². The van der Waals surface area contributed by atoms with Crippen LogP contribution in [0, 0.1) is 19.8 Å². The zero-order chi connectivity index (χ0) is 29.5. The van der Waals surface area contributed by atoms with Gasteiger partial charge in [-0.05, 0) is 84.4 Å². The zero-order valence-electron chi connectivity index (χ0n) is 24.7. The van der Waals surface area contributed by atoms with Gasteiger partial charge in [-0.3, -0.25) is 9.59 Å². The van der Waals surface area contributed by atoms with Crippen molar-refractivity contribution in [1.29, 1.82) is 0 Å². The van der Waals surface area contributed by atoms with E-state index in [-0.39, 0.29) is 17.9 Å². The van der Waals surface area contributed by atoms with Gasteiger partial charge in [0.05, 0.1) is 10.7 Å². The number of halogens is 1. The van der Waals surface area contributed by atoms with E-state index in [1.54, 1.807) is 38.7 Å². The number of ether oxygens (including phenoxy) is 1. The first kappa shape index (κ1) is 32.2. The van der Waals surface area contributed by atoms with Crippen LogP contribution in [0.25, 0.3) is 0 Å². The average molecular weight is 558 g/mol. The molecule has 0 radical (unpaired) electrons. The van der Waals surface area contributed by atoms with Crippen molar-refractivity contribution in [3.8, 4) is 0 Å². The molecule has 0 saturated heterocycles. The molecular weight excluding hydrogens is 514 g/mol. The van der Waals surface area contributed by atoms with Crippen LogP contribution in [0.4, 0.5) is 10.5 Å². The molecule has 3 unspecified atom stereocenters. The van der Waals surface area contributed by atoms with Crippen molar-refractivity contribution in [2.24, 2.45) is 5.92 Å². The van der Waals surface area contributed by atoms with Crippen LogP contribution >= 0.6 is 11.6 Å². The SMILES string of the molecule is Cc1ccc(C(C(=O)Nc2c(C)cccc2Cl)N(C(=O)C(C)NC(=O)OC(C)(C)C)C(C)CCC(C)C)cc1. The van der Waals surface area contributed by atoms with Gasteiger partial charge in [0.25, 0.3) is 5.91 Å². The molecule has 8 heteroatoms. The highest BCUT2D eigenvalue weighted by Crippen LogP contribution is 2.31. The summed E-state index contributed by atoms with van der Waals surface area (Å²) in [5.41, 5.74) is 2.30. The fourth-order valence-corrected chi connectivity index (χ4v) is 4.52. The summed E-state index contributed by atoms with van der Waals surface area (Å²) in [6.45, 7) is 16.9. The standard InChI is InChI=1S/C31H44ClN3O4/c1-19(2)13-16-22(5)35(29(37)23(6)33-30(38)39-31(7,8)9)27(24-17-14-20(3)15-18-24)28(36)34-26-21(4)11-10-12-25(26)32/h10-12,14-15,17-19,22-23,27H,13,16H2,1-9H3,(H,33,38)(H,34,36). The number of carbonyl (C=O) groups excluding carboxylic acids is 3. The Morgan fingerprint density at radius 1 is 0.949 bits per heavy atom. The molecule has 2 N–H and O–H groups in total. The number of benzene rings is 2. The van der Waals surface area contributed by atoms with Crippen LogP contribution in [0.15, 0.2) is 42.5 Å². The van der Waals surface area contributed by atoms with Gasteiger partial charge in [-0.15, -0.1) is 0 Å². The largest absolute Gasteiger partial charge is 0.444 e. The van der Waals surface area contributed by atoms with Crippen LogP contribution in [-0.2, 0) is 14.3 Å². The first-order valence-corrected chi connectivity index (χ1v) is 13.9. The average Bonchev–Trinajstić information content (AvgIpc) is 2.82. The number of nitrogens with zero attached hydrogens (tertiary/aromatic N) is 1. The maximum Gasteiger partial charge on any atom is 0.408 e. The minimum absolute atomic E-state index is 0.299. The number of hydrogen-bond donors (Lipinski definition) is 2. The summed E-state index contributed by atoms with van der Waals surface area (Å²) in [4.78, 5) is 42.2. The molecule has 7 nitrogen and oxygen atoms in total. The van der Waals surface area contributed by atoms with E-state index in [1.165, 1.54) is 0 Å². The molecule has 214 valence electrons. The Morgan fingerprint density at radius 2 is 1.56 bits per heavy atom. The maximum atomic E-state index is 14.1. The van der Waals surface area contributed by atoms with Gasteiger partial charge in [0.2, 0.25) is 5.91 Å². The van der Waals surface area contributed by atoms with E-state index >= 15 is 0 Å². The Morgan fingerprint density at radius 3 is 2.10 bits per heavy atom. The van der Waals surface area contributed by atoms with Gasteiger partial charge in [-0.25, -0.2) is 4.79 Å². The molecule has 39 heavy (non-hydrogen) atoms. The van der Waals surface area contributed by atoms with Gasteiger partial charge in [0.1, 0.15) is 17.7 Å². The molecule has 0 spiro atoms. The number of anilines is 1. The molecule has 0 bridgehead atoms. The molecule has 3 atom stereocenters. The third kappa shape index (κ3) is 9.57. The number of hydrogen-bond acceptors (Lipinski definition) is 4. The monoisotopic (exact) mass is 557 g/mol. The molecule has 2 aromatic rings. The molecular formula is C31H44ClN3O4. The van der Waals surface area contributed by atoms with Crippen molar-refractivity contribution < 1.29 is 19.1 Å². The van der Waals surface area contributed by atoms with E-state index in [9.17, 15) is 14.4 Å². The molecule has 0 fully saturated rings. The summed E-state index contributed by atoms with van der Waals surface area (Å²) in [5, 5.41) is 6.05. The second-order valence-corrected chi connectivity index (χ2v) is 12.1. The maximum absolute atomic E-state index is 14.1. The van der Waals surface area contributed by atoms with Gasteiger partial charge in [-0.2, -0.15) is 0 Å². The Kier molecular flexibility index (Phi) is 11.4. The topological polar surface area (TPSA) is 87.7 Å². The van der Waals surface area contributed by atoms with Crippen molar-refractivity contribution in [3.05, 3.63) is 64.2 Å². The van der Waals surface area contributed by atoms with E-state index in [0.29, 0.717) is 28.6 Å². The third-order valence-corrected chi connectivity index (χ3v) is 6.70. The molecule has 0 aliphatic carbocycles. The number of rotatable bonds is 10. The molecule has 2 aromatic carbocycles. The highest BCUT2D eigenvalue weighted by molar-refractivity contribution is 6.34. The van der Waals surface area contributed by atoms with E-state index in [4.69, 9.17) is 16.3 Å². The molecule has 2 rings (SSSR count). The number of amides is 3. The van der Waals surface area contributed by atoms with Crippen LogP contribution in [-0.4, -0.2) is 40.5 Å². The van der Waals surface area contributed by atoms with Crippen LogP contribution in [0.5, 0.6) is 0 Å². The minimum Gasteiger partial charge on any atom is -0.444 e. The van der Waals surface area contributed by atoms with Crippen LogP contribution in [0.2, 0.25) is 5.02 Å². The Hall–Kier alpha value is -3.06. The van der Waals surface area contributed by atoms with Crippen LogP contribution in [0.3, 0.4) is 0 Å². The van der Waals surface area contributed by atoms with E-state index < -0.39 is 23.8 Å². The lowest BCUT2D eigenvalue weighted by Gasteiger charge is -2.38. The summed E-state index contributed by atoms with van der Waals surface area (Å²) in [7, 11) is 0. The van der Waals surface area contributed by atoms with Gasteiger partial charge >= 0.3 is 6.09 Å². The van der Waals surface area contributed by atoms with Gasteiger partial charge in [-0.1, -0.05) is 67.4 Å². The lowest BCUT2D eigenvalue weighted by atomic mass is 9.96. The normalized spacial score (nSPS) is 13.8. The fourth-order valence-electron chi connectivity index (χ4n) is 4.25. The van der Waals surface area contributed by atoms with Gasteiger partial charge < -0.3 is 20.3 Å². The number of aryl methyl sites for hydroxylation is 2. The predicted molar refractivity (Wildman–Crippen MR) is 158 cm³/mol. The summed E-state index contributed by atoms with van der Waals surface area (Å²) >= 11 is 6.44. The molecule has 0 aromatic heterocycles. The van der Waals surface area contributed by atoms with Crippen LogP contribution < -0.4 is 10.6 Å². The van der Waals surface area contributed by atoms with E-state index in [2.05, 4.69) is 24.5 Å². The summed E-state index contributed by atoms with van der Waals surface area (Å²) in [5.74, 6) is -0.350. The molecule has 0 aliphatic heterocycles. The quantitative estimate of drug-likeness (QED) is 0.323. The van der Waals surface area contributed by atoms with Crippen molar-refractivity contribution >= 4 is 35.2 Å².